The van der Waals surface area contributed by atoms with Crippen molar-refractivity contribution in [3.63, 3.8) is 0 Å². The Balaban J connectivity index is -0.0000000410. The standard InChI is InChI=1S/C6H11NO3.C5H11NO2.C3H9N.C2H2O3.CH2O2.CH4.2ClH/c1-2-3-7(5-8)4-6(9)10;1-2-3-6-4-5(7)8;1-2-3-4;3-1-2(4)5;2-1-3;;;/h5H,2-4H2,1H3,(H,9,10);6H,2-4H2,1H3,(H,7,8);2-4H2,1H3;1H,(H,4,5);1H,(H,2,3);1H4;2*1H. The van der Waals surface area contributed by atoms with Gasteiger partial charge in [-0.2, -0.15) is 0 Å². The maximum atomic E-state index is 10.1. The molecule has 0 heterocycles. The predicted molar refractivity (Wildman–Crippen MR) is 129 cm³/mol. The molecule has 0 aromatic rings. The molecule has 0 saturated carbocycles. The topological polar surface area (TPSA) is 225 Å². The lowest BCUT2D eigenvalue weighted by molar-refractivity contribution is -0.143. The first-order valence-electron chi connectivity index (χ1n) is 8.87. The Kier molecular flexibility index (Phi) is 82.4. The second kappa shape index (κ2) is 51.8. The fourth-order valence-electron chi connectivity index (χ4n) is 1.00. The molecule has 202 valence electrons. The number of carboxylic acid groups (broad SMARTS) is 4. The van der Waals surface area contributed by atoms with Crippen molar-refractivity contribution < 1.29 is 49.2 Å². The van der Waals surface area contributed by atoms with Crippen molar-refractivity contribution in [2.24, 2.45) is 5.73 Å². The second-order valence-corrected chi connectivity index (χ2v) is 4.89. The SMILES string of the molecule is C.CCCN.CCCN(C=O)CC(=O)O.CCCNCC(=O)O.Cl.Cl.O=CC(=O)O.O=CO. The molecule has 0 saturated heterocycles. The van der Waals surface area contributed by atoms with Crippen LogP contribution in [0.25, 0.3) is 0 Å². The Labute approximate surface area is 207 Å². The molecule has 0 rings (SSSR count). The van der Waals surface area contributed by atoms with Crippen molar-refractivity contribution in [3.8, 4) is 0 Å². The van der Waals surface area contributed by atoms with E-state index in [1.165, 1.54) is 4.90 Å². The van der Waals surface area contributed by atoms with Gasteiger partial charge < -0.3 is 36.4 Å². The highest BCUT2D eigenvalue weighted by Crippen LogP contribution is 1.85. The van der Waals surface area contributed by atoms with E-state index in [4.69, 9.17) is 40.5 Å². The number of aldehydes is 1. The van der Waals surface area contributed by atoms with Crippen molar-refractivity contribution in [1.29, 1.82) is 0 Å². The fraction of sp³-hybridized carbons (Fsp3) is 0.667. The van der Waals surface area contributed by atoms with Gasteiger partial charge in [0, 0.05) is 6.54 Å². The minimum Gasteiger partial charge on any atom is -0.483 e. The summed E-state index contributed by atoms with van der Waals surface area (Å²) < 4.78 is 0. The number of hydrogen-bond donors (Lipinski definition) is 6. The molecule has 0 aliphatic rings. The van der Waals surface area contributed by atoms with Crippen molar-refractivity contribution in [2.75, 3.05) is 32.7 Å². The van der Waals surface area contributed by atoms with Crippen molar-refractivity contribution in [1.82, 2.24) is 10.2 Å². The maximum absolute atomic E-state index is 10.1. The van der Waals surface area contributed by atoms with E-state index in [1.54, 1.807) is 0 Å². The van der Waals surface area contributed by atoms with Gasteiger partial charge in [-0.05, 0) is 32.4 Å². The molecule has 33 heavy (non-hydrogen) atoms. The van der Waals surface area contributed by atoms with Crippen LogP contribution in [0.2, 0.25) is 0 Å². The zero-order valence-corrected chi connectivity index (χ0v) is 20.1. The zero-order valence-electron chi connectivity index (χ0n) is 18.5. The molecule has 13 nitrogen and oxygen atoms in total. The highest BCUT2D eigenvalue weighted by Gasteiger charge is 2.03. The summed E-state index contributed by atoms with van der Waals surface area (Å²) in [5.74, 6) is -3.19. The number of hydrogen-bond acceptors (Lipinski definition) is 8. The molecule has 0 unspecified atom stereocenters. The van der Waals surface area contributed by atoms with E-state index in [0.29, 0.717) is 13.0 Å². The van der Waals surface area contributed by atoms with Crippen molar-refractivity contribution in [3.05, 3.63) is 0 Å². The molecule has 0 aliphatic heterocycles. The average Bonchev–Trinajstić information content (AvgIpc) is 2.69. The normalized spacial score (nSPS) is 7.15. The van der Waals surface area contributed by atoms with Crippen LogP contribution in [0.3, 0.4) is 0 Å². The number of halogens is 2. The van der Waals surface area contributed by atoms with Crippen LogP contribution in [-0.2, 0) is 28.8 Å². The molecular formula is C18H41Cl2N3O10. The number of carbonyl (C=O) groups excluding carboxylic acids is 2. The summed E-state index contributed by atoms with van der Waals surface area (Å²) in [6.45, 7) is 7.68. The molecule has 0 spiro atoms. The number of nitrogens with zero attached hydrogens (tertiary/aromatic N) is 1. The van der Waals surface area contributed by atoms with Crippen LogP contribution in [-0.4, -0.2) is 95.1 Å². The van der Waals surface area contributed by atoms with E-state index < -0.39 is 17.9 Å². The van der Waals surface area contributed by atoms with Gasteiger partial charge in [0.25, 0.3) is 6.47 Å². The van der Waals surface area contributed by atoms with Crippen LogP contribution in [0.15, 0.2) is 0 Å². The smallest absolute Gasteiger partial charge is 0.368 e. The maximum Gasteiger partial charge on any atom is 0.368 e. The summed E-state index contributed by atoms with van der Waals surface area (Å²) in [7, 11) is 0. The van der Waals surface area contributed by atoms with E-state index in [0.717, 1.165) is 32.4 Å². The first-order chi connectivity index (χ1) is 14.1. The molecule has 15 heteroatoms. The summed E-state index contributed by atoms with van der Waals surface area (Å²) in [5.41, 5.74) is 5.03. The van der Waals surface area contributed by atoms with E-state index in [1.807, 2.05) is 13.8 Å². The van der Waals surface area contributed by atoms with E-state index in [2.05, 4.69) is 12.2 Å². The molecule has 0 aliphatic carbocycles. The van der Waals surface area contributed by atoms with Gasteiger partial charge in [0.15, 0.2) is 0 Å². The van der Waals surface area contributed by atoms with E-state index in [9.17, 15) is 14.4 Å². The minimum absolute atomic E-state index is 0. The first-order valence-corrected chi connectivity index (χ1v) is 8.87. The summed E-state index contributed by atoms with van der Waals surface area (Å²) in [6, 6.07) is 0. The molecular weight excluding hydrogens is 489 g/mol. The number of nitrogens with two attached hydrogens (primary N) is 1. The lowest BCUT2D eigenvalue weighted by Gasteiger charge is -2.11. The quantitative estimate of drug-likeness (QED) is 0.124. The van der Waals surface area contributed by atoms with Crippen LogP contribution < -0.4 is 11.1 Å². The van der Waals surface area contributed by atoms with Gasteiger partial charge >= 0.3 is 17.9 Å². The number of carboxylic acids is 3. The number of aliphatic carboxylic acids is 3. The highest BCUT2D eigenvalue weighted by molar-refractivity contribution is 6.19. The molecule has 0 radical (unpaired) electrons. The molecule has 0 aromatic carbocycles. The third-order valence-corrected chi connectivity index (χ3v) is 2.09. The average molecular weight is 530 g/mol. The lowest BCUT2D eigenvalue weighted by Crippen LogP contribution is -2.28. The van der Waals surface area contributed by atoms with Gasteiger partial charge in [-0.3, -0.25) is 24.0 Å². The number of amides is 1. The van der Waals surface area contributed by atoms with Crippen molar-refractivity contribution >= 4 is 61.9 Å². The Hall–Kier alpha value is -2.48. The number of carbonyl (C=O) groups is 6. The van der Waals surface area contributed by atoms with Gasteiger partial charge in [0.05, 0.1) is 6.54 Å². The molecule has 0 atom stereocenters. The summed E-state index contributed by atoms with van der Waals surface area (Å²) in [6.07, 6.45) is 3.25. The summed E-state index contributed by atoms with van der Waals surface area (Å²) in [5, 5.41) is 33.3. The Morgan fingerprint density at radius 3 is 1.48 bits per heavy atom. The van der Waals surface area contributed by atoms with E-state index >= 15 is 0 Å². The van der Waals surface area contributed by atoms with Crippen molar-refractivity contribution in [2.45, 2.75) is 47.5 Å². The van der Waals surface area contributed by atoms with Crippen LogP contribution >= 0.6 is 24.8 Å². The molecule has 0 aromatic heterocycles. The van der Waals surface area contributed by atoms with Gasteiger partial charge in [0.2, 0.25) is 12.7 Å². The van der Waals surface area contributed by atoms with Gasteiger partial charge in [0.1, 0.15) is 6.54 Å². The Bertz CT molecular complexity index is 444. The molecule has 7 N–H and O–H groups in total. The van der Waals surface area contributed by atoms with E-state index in [-0.39, 0.29) is 58.1 Å². The van der Waals surface area contributed by atoms with Gasteiger partial charge in [-0.1, -0.05) is 28.2 Å². The molecule has 0 bridgehead atoms. The van der Waals surface area contributed by atoms with Crippen LogP contribution in [0.5, 0.6) is 0 Å². The summed E-state index contributed by atoms with van der Waals surface area (Å²) in [4.78, 5) is 57.4. The molecule has 0 fully saturated rings. The fourth-order valence-corrected chi connectivity index (χ4v) is 1.00. The monoisotopic (exact) mass is 529 g/mol. The Morgan fingerprint density at radius 2 is 1.30 bits per heavy atom. The first kappa shape index (κ1) is 52.4. The Morgan fingerprint density at radius 1 is 0.909 bits per heavy atom. The molecule has 1 amide bonds. The zero-order chi connectivity index (χ0) is 24.8. The summed E-state index contributed by atoms with van der Waals surface area (Å²) >= 11 is 0. The van der Waals surface area contributed by atoms with Gasteiger partial charge in [-0.25, -0.2) is 4.79 Å². The number of rotatable bonds is 11. The lowest BCUT2D eigenvalue weighted by atomic mass is 10.4. The minimum atomic E-state index is -1.43. The highest BCUT2D eigenvalue weighted by atomic mass is 35.5. The van der Waals surface area contributed by atoms with Gasteiger partial charge in [-0.15, -0.1) is 24.8 Å². The number of nitrogens with one attached hydrogen (secondary N) is 1. The van der Waals surface area contributed by atoms with Crippen LogP contribution in [0, 0.1) is 0 Å². The third kappa shape index (κ3) is 106. The predicted octanol–water partition coefficient (Wildman–Crippen LogP) is 0.816. The third-order valence-electron chi connectivity index (χ3n) is 2.09. The van der Waals surface area contributed by atoms with Crippen LogP contribution in [0.1, 0.15) is 47.5 Å². The van der Waals surface area contributed by atoms with Crippen LogP contribution in [0.4, 0.5) is 0 Å². The second-order valence-electron chi connectivity index (χ2n) is 4.89. The largest absolute Gasteiger partial charge is 0.483 e.